The molecule has 0 amide bonds. The van der Waals surface area contributed by atoms with Gasteiger partial charge in [0.1, 0.15) is 11.9 Å². The van der Waals surface area contributed by atoms with Crippen molar-refractivity contribution in [1.82, 2.24) is 15.6 Å². The van der Waals surface area contributed by atoms with Crippen LogP contribution in [0.2, 0.25) is 0 Å². The molecule has 0 saturated heterocycles. The Bertz CT molecular complexity index is 817. The summed E-state index contributed by atoms with van der Waals surface area (Å²) in [4.78, 5) is 9.06. The highest BCUT2D eigenvalue weighted by atomic mass is 127. The molecule has 1 unspecified atom stereocenters. The van der Waals surface area contributed by atoms with E-state index in [4.69, 9.17) is 9.47 Å². The van der Waals surface area contributed by atoms with E-state index >= 15 is 0 Å². The van der Waals surface area contributed by atoms with Crippen LogP contribution in [0.3, 0.4) is 0 Å². The van der Waals surface area contributed by atoms with Crippen molar-refractivity contribution in [2.45, 2.75) is 40.3 Å². The second-order valence-corrected chi connectivity index (χ2v) is 6.48. The largest absolute Gasteiger partial charge is 0.496 e. The van der Waals surface area contributed by atoms with Gasteiger partial charge >= 0.3 is 0 Å². The number of aromatic nitrogens is 1. The van der Waals surface area contributed by atoms with Crippen LogP contribution < -0.4 is 20.1 Å². The van der Waals surface area contributed by atoms with Crippen LogP contribution in [0.5, 0.6) is 11.5 Å². The van der Waals surface area contributed by atoms with Crippen molar-refractivity contribution in [3.05, 3.63) is 53.1 Å². The average Bonchev–Trinajstić information content (AvgIpc) is 2.67. The predicted octanol–water partition coefficient (Wildman–Crippen LogP) is 3.99. The molecule has 1 atom stereocenters. The Labute approximate surface area is 189 Å². The summed E-state index contributed by atoms with van der Waals surface area (Å²) < 4.78 is 24.8. The molecule has 0 spiro atoms. The third kappa shape index (κ3) is 7.34. The number of methoxy groups -OCH3 is 1. The highest BCUT2D eigenvalue weighted by Gasteiger charge is 2.11. The number of benzene rings is 1. The lowest BCUT2D eigenvalue weighted by molar-refractivity contribution is 0.214. The van der Waals surface area contributed by atoms with Gasteiger partial charge in [0.05, 0.1) is 25.9 Å². The predicted molar refractivity (Wildman–Crippen MR) is 125 cm³/mol. The standard InChI is InChI=1S/C21H29FN4O2.HI/c1-6-23-21(25-12-15(3)28-19-10-8-7-9-17(19)22)26-13-18-16(4)20(27-5)14(2)11-24-18;/h7-11,15H,6,12-13H2,1-5H3,(H2,23,25,26);1H. The van der Waals surface area contributed by atoms with Gasteiger partial charge in [-0.25, -0.2) is 9.38 Å². The molecule has 2 aromatic rings. The summed E-state index contributed by atoms with van der Waals surface area (Å²) in [5.41, 5.74) is 2.84. The number of rotatable bonds is 8. The van der Waals surface area contributed by atoms with Crippen LogP contribution in [-0.4, -0.2) is 37.2 Å². The van der Waals surface area contributed by atoms with Crippen molar-refractivity contribution in [2.24, 2.45) is 4.99 Å². The van der Waals surface area contributed by atoms with Gasteiger partial charge in [-0.3, -0.25) is 4.98 Å². The maximum Gasteiger partial charge on any atom is 0.191 e. The van der Waals surface area contributed by atoms with Crippen LogP contribution >= 0.6 is 24.0 Å². The number of aryl methyl sites for hydroxylation is 1. The molecular formula is C21H30FIN4O2. The number of halogens is 2. The molecule has 0 fully saturated rings. The highest BCUT2D eigenvalue weighted by Crippen LogP contribution is 2.24. The molecule has 0 bridgehead atoms. The number of pyridine rings is 1. The lowest BCUT2D eigenvalue weighted by atomic mass is 10.1. The van der Waals surface area contributed by atoms with E-state index in [-0.39, 0.29) is 41.6 Å². The number of hydrogen-bond acceptors (Lipinski definition) is 4. The van der Waals surface area contributed by atoms with E-state index in [1.165, 1.54) is 6.07 Å². The van der Waals surface area contributed by atoms with Gasteiger partial charge in [0, 0.05) is 23.9 Å². The van der Waals surface area contributed by atoms with E-state index in [1.807, 2.05) is 27.7 Å². The van der Waals surface area contributed by atoms with Crippen molar-refractivity contribution >= 4 is 29.9 Å². The number of hydrogen-bond donors (Lipinski definition) is 2. The fourth-order valence-corrected chi connectivity index (χ4v) is 2.77. The first-order valence-corrected chi connectivity index (χ1v) is 9.38. The van der Waals surface area contributed by atoms with Crippen LogP contribution in [-0.2, 0) is 6.54 Å². The van der Waals surface area contributed by atoms with Gasteiger partial charge in [-0.2, -0.15) is 0 Å². The molecular weight excluding hydrogens is 486 g/mol. The summed E-state index contributed by atoms with van der Waals surface area (Å²) in [5, 5.41) is 6.42. The Morgan fingerprint density at radius 3 is 2.62 bits per heavy atom. The Morgan fingerprint density at radius 1 is 1.24 bits per heavy atom. The van der Waals surface area contributed by atoms with E-state index in [0.717, 1.165) is 29.1 Å². The first kappa shape index (κ1) is 24.9. The normalized spacial score (nSPS) is 12.0. The fraction of sp³-hybridized carbons (Fsp3) is 0.429. The molecule has 1 heterocycles. The first-order valence-electron chi connectivity index (χ1n) is 9.38. The van der Waals surface area contributed by atoms with Gasteiger partial charge < -0.3 is 20.1 Å². The summed E-state index contributed by atoms with van der Waals surface area (Å²) in [6.07, 6.45) is 1.56. The molecule has 29 heavy (non-hydrogen) atoms. The zero-order valence-corrected chi connectivity index (χ0v) is 19.9. The molecule has 0 aliphatic rings. The van der Waals surface area contributed by atoms with Crippen molar-refractivity contribution in [1.29, 1.82) is 0 Å². The van der Waals surface area contributed by atoms with Crippen LogP contribution in [0.4, 0.5) is 4.39 Å². The Morgan fingerprint density at radius 2 is 1.97 bits per heavy atom. The SMILES string of the molecule is CCNC(=NCc1ncc(C)c(OC)c1C)NCC(C)Oc1ccccc1F.I. The average molecular weight is 516 g/mol. The summed E-state index contributed by atoms with van der Waals surface area (Å²) in [6.45, 7) is 9.43. The maximum atomic E-state index is 13.7. The van der Waals surface area contributed by atoms with E-state index in [9.17, 15) is 4.39 Å². The molecule has 8 heteroatoms. The van der Waals surface area contributed by atoms with E-state index in [0.29, 0.717) is 19.0 Å². The van der Waals surface area contributed by atoms with Crippen LogP contribution in [0, 0.1) is 19.7 Å². The van der Waals surface area contributed by atoms with Crippen LogP contribution in [0.1, 0.15) is 30.7 Å². The fourth-order valence-electron chi connectivity index (χ4n) is 2.77. The summed E-state index contributed by atoms with van der Waals surface area (Å²) in [6, 6.07) is 6.38. The summed E-state index contributed by atoms with van der Waals surface area (Å²) >= 11 is 0. The minimum absolute atomic E-state index is 0. The van der Waals surface area contributed by atoms with Gasteiger partial charge in [0.2, 0.25) is 0 Å². The van der Waals surface area contributed by atoms with Crippen molar-refractivity contribution in [3.8, 4) is 11.5 Å². The van der Waals surface area contributed by atoms with E-state index < -0.39 is 0 Å². The van der Waals surface area contributed by atoms with Crippen molar-refractivity contribution in [2.75, 3.05) is 20.2 Å². The topological polar surface area (TPSA) is 67.8 Å². The molecule has 0 aliphatic carbocycles. The van der Waals surface area contributed by atoms with Crippen LogP contribution in [0.25, 0.3) is 0 Å². The number of aliphatic imine (C=N–C) groups is 1. The minimum atomic E-state index is -0.371. The summed E-state index contributed by atoms with van der Waals surface area (Å²) in [5.74, 6) is 1.35. The van der Waals surface area contributed by atoms with E-state index in [1.54, 1.807) is 31.5 Å². The molecule has 0 saturated carbocycles. The third-order valence-electron chi connectivity index (χ3n) is 4.20. The third-order valence-corrected chi connectivity index (χ3v) is 4.20. The lowest BCUT2D eigenvalue weighted by Crippen LogP contribution is -2.41. The quantitative estimate of drug-likeness (QED) is 0.316. The van der Waals surface area contributed by atoms with E-state index in [2.05, 4.69) is 20.6 Å². The molecule has 0 radical (unpaired) electrons. The molecule has 2 N–H and O–H groups in total. The number of nitrogens with zero attached hydrogens (tertiary/aromatic N) is 2. The zero-order chi connectivity index (χ0) is 20.5. The Hall–Kier alpha value is -2.10. The van der Waals surface area contributed by atoms with Gasteiger partial charge in [-0.1, -0.05) is 12.1 Å². The maximum absolute atomic E-state index is 13.7. The molecule has 1 aromatic carbocycles. The van der Waals surface area contributed by atoms with Gasteiger partial charge in [0.25, 0.3) is 0 Å². The zero-order valence-electron chi connectivity index (χ0n) is 17.6. The monoisotopic (exact) mass is 516 g/mol. The molecule has 1 aromatic heterocycles. The Balaban J connectivity index is 0.00000420. The minimum Gasteiger partial charge on any atom is -0.496 e. The number of para-hydroxylation sites is 1. The highest BCUT2D eigenvalue weighted by molar-refractivity contribution is 14.0. The lowest BCUT2D eigenvalue weighted by Gasteiger charge is -2.18. The smallest absolute Gasteiger partial charge is 0.191 e. The van der Waals surface area contributed by atoms with Gasteiger partial charge in [0.15, 0.2) is 17.5 Å². The van der Waals surface area contributed by atoms with Crippen LogP contribution in [0.15, 0.2) is 35.5 Å². The number of ether oxygens (including phenoxy) is 2. The van der Waals surface area contributed by atoms with Gasteiger partial charge in [-0.05, 0) is 39.8 Å². The number of nitrogens with one attached hydrogen (secondary N) is 2. The first-order chi connectivity index (χ1) is 13.5. The molecule has 6 nitrogen and oxygen atoms in total. The van der Waals surface area contributed by atoms with Crippen molar-refractivity contribution < 1.29 is 13.9 Å². The summed E-state index contributed by atoms with van der Waals surface area (Å²) in [7, 11) is 1.66. The second kappa shape index (κ2) is 12.5. The number of guanidine groups is 1. The molecule has 2 rings (SSSR count). The molecule has 0 aliphatic heterocycles. The van der Waals surface area contributed by atoms with Crippen molar-refractivity contribution in [3.63, 3.8) is 0 Å². The molecule has 160 valence electrons. The Kier molecular flexibility index (Phi) is 10.7. The second-order valence-electron chi connectivity index (χ2n) is 6.48. The van der Waals surface area contributed by atoms with Gasteiger partial charge in [-0.15, -0.1) is 24.0 Å².